The molecule has 11 heteroatoms. The number of carboxylic acids is 1. The van der Waals surface area contributed by atoms with Gasteiger partial charge in [0.25, 0.3) is 0 Å². The molecule has 1 fully saturated rings. The lowest BCUT2D eigenvalue weighted by atomic mass is 9.73. The first-order valence-electron chi connectivity index (χ1n) is 11.7. The van der Waals surface area contributed by atoms with Crippen molar-refractivity contribution in [2.75, 3.05) is 5.32 Å². The Hall–Kier alpha value is -2.49. The number of rotatable bonds is 8. The quantitative estimate of drug-likeness (QED) is 0.327. The van der Waals surface area contributed by atoms with Crippen molar-refractivity contribution in [3.8, 4) is 0 Å². The molecule has 3 rings (SSSR count). The zero-order valence-electron chi connectivity index (χ0n) is 20.4. The highest BCUT2D eigenvalue weighted by molar-refractivity contribution is 6.33. The maximum Gasteiger partial charge on any atom is 0.397 e. The summed E-state index contributed by atoms with van der Waals surface area (Å²) in [5.41, 5.74) is -2.59. The molecule has 2 N–H and O–H groups in total. The molecule has 0 saturated heterocycles. The van der Waals surface area contributed by atoms with Gasteiger partial charge in [0.1, 0.15) is 0 Å². The fourth-order valence-electron chi connectivity index (χ4n) is 4.53. The van der Waals surface area contributed by atoms with Gasteiger partial charge >= 0.3 is 18.3 Å². The Kier molecular flexibility index (Phi) is 7.86. The van der Waals surface area contributed by atoms with Gasteiger partial charge in [-0.3, -0.25) is 9.59 Å². The standard InChI is InChI=1S/C26H28ClF6NO3/c1-14(25(28,29)30)20(16-5-7-17(8-6-16)23(2,3)26(31,32)33)21(35)34-19-12-15(4-9-18(19)27)13-24(10-11-24)22(36)37/h4-5,7-9,12,14,16,20H,6,10-11,13H2,1-3H3,(H,34,35)(H,36,37)/t14-,16?,20+/m1/s1. The number of alkyl halides is 6. The lowest BCUT2D eigenvalue weighted by Gasteiger charge is -2.34. The predicted octanol–water partition coefficient (Wildman–Crippen LogP) is 7.59. The Morgan fingerprint density at radius 2 is 1.78 bits per heavy atom. The first-order chi connectivity index (χ1) is 16.9. The van der Waals surface area contributed by atoms with Crippen molar-refractivity contribution >= 4 is 29.2 Å². The largest absolute Gasteiger partial charge is 0.481 e. The first-order valence-corrected chi connectivity index (χ1v) is 12.1. The molecule has 37 heavy (non-hydrogen) atoms. The van der Waals surface area contributed by atoms with Crippen LogP contribution in [0.1, 0.15) is 45.6 Å². The molecule has 1 unspecified atom stereocenters. The van der Waals surface area contributed by atoms with Crippen LogP contribution in [0.25, 0.3) is 0 Å². The van der Waals surface area contributed by atoms with Crippen LogP contribution in [0.4, 0.5) is 32.0 Å². The van der Waals surface area contributed by atoms with Gasteiger partial charge in [-0.2, -0.15) is 26.3 Å². The van der Waals surface area contributed by atoms with E-state index in [-0.39, 0.29) is 29.1 Å². The van der Waals surface area contributed by atoms with Gasteiger partial charge in [0.15, 0.2) is 0 Å². The Bertz CT molecular complexity index is 1120. The smallest absolute Gasteiger partial charge is 0.397 e. The zero-order chi connectivity index (χ0) is 28.0. The number of hydrogen-bond donors (Lipinski definition) is 2. The van der Waals surface area contributed by atoms with Gasteiger partial charge in [0.05, 0.1) is 33.4 Å². The van der Waals surface area contributed by atoms with E-state index in [2.05, 4.69) is 5.32 Å². The van der Waals surface area contributed by atoms with Crippen LogP contribution in [0.5, 0.6) is 0 Å². The van der Waals surface area contributed by atoms with E-state index in [0.717, 1.165) is 26.8 Å². The summed E-state index contributed by atoms with van der Waals surface area (Å²) < 4.78 is 81.5. The van der Waals surface area contributed by atoms with Gasteiger partial charge < -0.3 is 10.4 Å². The average molecular weight is 552 g/mol. The maximum atomic E-state index is 13.7. The van der Waals surface area contributed by atoms with Crippen molar-refractivity contribution in [2.45, 2.75) is 58.8 Å². The van der Waals surface area contributed by atoms with Crippen LogP contribution in [0, 0.1) is 28.6 Å². The molecule has 1 aromatic rings. The highest BCUT2D eigenvalue weighted by Gasteiger charge is 2.51. The van der Waals surface area contributed by atoms with Crippen LogP contribution in [0.2, 0.25) is 5.02 Å². The maximum absolute atomic E-state index is 13.7. The lowest BCUT2D eigenvalue weighted by molar-refractivity contribution is -0.196. The summed E-state index contributed by atoms with van der Waals surface area (Å²) >= 11 is 6.18. The average Bonchev–Trinajstić information content (AvgIpc) is 3.56. The molecule has 2 aliphatic rings. The summed E-state index contributed by atoms with van der Waals surface area (Å²) in [7, 11) is 0. The number of anilines is 1. The second-order valence-electron chi connectivity index (χ2n) is 10.5. The monoisotopic (exact) mass is 551 g/mol. The number of amides is 1. The van der Waals surface area contributed by atoms with Crippen LogP contribution in [0.3, 0.4) is 0 Å². The highest BCUT2D eigenvalue weighted by Crippen LogP contribution is 2.49. The first kappa shape index (κ1) is 29.1. The third-order valence-electron chi connectivity index (χ3n) is 7.52. The van der Waals surface area contributed by atoms with Crippen molar-refractivity contribution in [1.29, 1.82) is 0 Å². The normalized spacial score (nSPS) is 21.1. The van der Waals surface area contributed by atoms with Crippen molar-refractivity contribution in [3.05, 3.63) is 52.6 Å². The number of allylic oxidation sites excluding steroid dienone is 4. The third-order valence-corrected chi connectivity index (χ3v) is 7.85. The van der Waals surface area contributed by atoms with Crippen LogP contribution >= 0.6 is 11.6 Å². The number of benzene rings is 1. The van der Waals surface area contributed by atoms with E-state index in [1.165, 1.54) is 24.3 Å². The second kappa shape index (κ2) is 10.0. The summed E-state index contributed by atoms with van der Waals surface area (Å²) in [5.74, 6) is -6.68. The van der Waals surface area contributed by atoms with E-state index in [4.69, 9.17) is 11.6 Å². The molecule has 1 saturated carbocycles. The number of carbonyl (C=O) groups excluding carboxylic acids is 1. The third kappa shape index (κ3) is 6.16. The van der Waals surface area contributed by atoms with Crippen LogP contribution in [-0.2, 0) is 16.0 Å². The molecule has 1 amide bonds. The predicted molar refractivity (Wildman–Crippen MR) is 127 cm³/mol. The molecule has 0 heterocycles. The minimum Gasteiger partial charge on any atom is -0.481 e. The molecule has 0 aromatic heterocycles. The zero-order valence-corrected chi connectivity index (χ0v) is 21.2. The van der Waals surface area contributed by atoms with Crippen molar-refractivity contribution < 1.29 is 41.0 Å². The molecule has 4 nitrogen and oxygen atoms in total. The van der Waals surface area contributed by atoms with E-state index in [1.807, 2.05) is 0 Å². The number of nitrogens with one attached hydrogen (secondary N) is 1. The Labute approximate surface area is 215 Å². The molecule has 204 valence electrons. The summed E-state index contributed by atoms with van der Waals surface area (Å²) in [6.45, 7) is 2.83. The molecule has 2 aliphatic carbocycles. The number of halogens is 7. The summed E-state index contributed by atoms with van der Waals surface area (Å²) in [4.78, 5) is 24.7. The van der Waals surface area contributed by atoms with Crippen LogP contribution in [-0.4, -0.2) is 29.3 Å². The Balaban J connectivity index is 1.85. The summed E-state index contributed by atoms with van der Waals surface area (Å²) in [5, 5.41) is 11.9. The highest BCUT2D eigenvalue weighted by atomic mass is 35.5. The lowest BCUT2D eigenvalue weighted by Crippen LogP contribution is -2.41. The van der Waals surface area contributed by atoms with Crippen molar-refractivity contribution in [2.24, 2.45) is 28.6 Å². The summed E-state index contributed by atoms with van der Waals surface area (Å²) in [6.07, 6.45) is -4.72. The minimum atomic E-state index is -4.74. The van der Waals surface area contributed by atoms with Gasteiger partial charge in [-0.25, -0.2) is 0 Å². The van der Waals surface area contributed by atoms with E-state index in [1.54, 1.807) is 6.07 Å². The molecule has 0 radical (unpaired) electrons. The minimum absolute atomic E-state index is 0.0407. The van der Waals surface area contributed by atoms with Crippen LogP contribution in [0.15, 0.2) is 42.0 Å². The number of hydrogen-bond acceptors (Lipinski definition) is 2. The van der Waals surface area contributed by atoms with Crippen LogP contribution < -0.4 is 5.32 Å². The van der Waals surface area contributed by atoms with E-state index in [0.29, 0.717) is 18.4 Å². The number of carbonyl (C=O) groups is 2. The van der Waals surface area contributed by atoms with Crippen molar-refractivity contribution in [1.82, 2.24) is 0 Å². The van der Waals surface area contributed by atoms with Gasteiger partial charge in [-0.15, -0.1) is 0 Å². The van der Waals surface area contributed by atoms with E-state index < -0.39 is 52.8 Å². The molecular formula is C26H28ClF6NO3. The van der Waals surface area contributed by atoms with Crippen molar-refractivity contribution in [3.63, 3.8) is 0 Å². The van der Waals surface area contributed by atoms with E-state index >= 15 is 0 Å². The molecule has 1 aromatic carbocycles. The number of aliphatic carboxylic acids is 1. The van der Waals surface area contributed by atoms with Gasteiger partial charge in [0, 0.05) is 0 Å². The SMILES string of the molecule is C[C@H]([C@H](C(=O)Nc1cc(CC2(C(=O)O)CC2)ccc1Cl)C1C=CC(C(C)(C)C(F)(F)F)=CC1)C(F)(F)F. The molecule has 0 aliphatic heterocycles. The molecule has 3 atom stereocenters. The molecule has 0 bridgehead atoms. The molecule has 0 spiro atoms. The Morgan fingerprint density at radius 1 is 1.16 bits per heavy atom. The fraction of sp³-hybridized carbons (Fsp3) is 0.538. The van der Waals surface area contributed by atoms with E-state index in [9.17, 15) is 41.0 Å². The summed E-state index contributed by atoms with van der Waals surface area (Å²) in [6, 6.07) is 4.47. The number of carboxylic acid groups (broad SMARTS) is 1. The fourth-order valence-corrected chi connectivity index (χ4v) is 4.69. The topological polar surface area (TPSA) is 66.4 Å². The Morgan fingerprint density at radius 3 is 2.24 bits per heavy atom. The second-order valence-corrected chi connectivity index (χ2v) is 10.9. The molecular weight excluding hydrogens is 524 g/mol. The van der Waals surface area contributed by atoms with Gasteiger partial charge in [-0.05, 0) is 68.7 Å². The van der Waals surface area contributed by atoms with Gasteiger partial charge in [-0.1, -0.05) is 42.8 Å². The van der Waals surface area contributed by atoms with Gasteiger partial charge in [0.2, 0.25) is 5.91 Å².